The van der Waals surface area contributed by atoms with Gasteiger partial charge in [-0.15, -0.1) is 0 Å². The number of hydrogen-bond donors (Lipinski definition) is 2. The first-order valence-corrected chi connectivity index (χ1v) is 7.63. The predicted octanol–water partition coefficient (Wildman–Crippen LogP) is 2.65. The molecule has 1 atom stereocenters. The molecule has 0 saturated heterocycles. The molecule has 0 spiro atoms. The molecule has 0 heterocycles. The van der Waals surface area contributed by atoms with Crippen LogP contribution in [0.5, 0.6) is 0 Å². The Balaban J connectivity index is 2.07. The third-order valence-corrected chi connectivity index (χ3v) is 4.18. The van der Waals surface area contributed by atoms with Gasteiger partial charge in [-0.2, -0.15) is 0 Å². The number of rotatable bonds is 4. The maximum absolute atomic E-state index is 12.3. The molecule has 0 radical (unpaired) electrons. The molecule has 1 aliphatic rings. The zero-order chi connectivity index (χ0) is 15.2. The fourth-order valence-corrected chi connectivity index (χ4v) is 2.46. The molecule has 2 rings (SSSR count). The Morgan fingerprint density at radius 2 is 2.24 bits per heavy atom. The summed E-state index contributed by atoms with van der Waals surface area (Å²) in [5, 5.41) is 11.9. The van der Waals surface area contributed by atoms with Crippen LogP contribution in [0.4, 0.5) is 0 Å². The summed E-state index contributed by atoms with van der Waals surface area (Å²) < 4.78 is 0. The fraction of sp³-hybridized carbons (Fsp3) is 0.500. The lowest BCUT2D eigenvalue weighted by Crippen LogP contribution is -2.40. The number of carbonyl (C=O) groups is 1. The SMILES string of the molecule is Cc1ccc(C(=O)NC(C)C2CCC2)cc1C#CCCO. The van der Waals surface area contributed by atoms with E-state index in [0.29, 0.717) is 17.9 Å². The van der Waals surface area contributed by atoms with Crippen molar-refractivity contribution in [3.8, 4) is 11.8 Å². The minimum absolute atomic E-state index is 0.0281. The van der Waals surface area contributed by atoms with Crippen molar-refractivity contribution in [1.29, 1.82) is 0 Å². The van der Waals surface area contributed by atoms with E-state index in [1.165, 1.54) is 19.3 Å². The van der Waals surface area contributed by atoms with Gasteiger partial charge in [-0.25, -0.2) is 0 Å². The lowest BCUT2D eigenvalue weighted by Gasteiger charge is -2.31. The number of benzene rings is 1. The number of hydrogen-bond acceptors (Lipinski definition) is 2. The number of carbonyl (C=O) groups excluding carboxylic acids is 1. The molecular weight excluding hydrogens is 262 g/mol. The highest BCUT2D eigenvalue weighted by molar-refractivity contribution is 5.94. The van der Waals surface area contributed by atoms with Crippen molar-refractivity contribution in [1.82, 2.24) is 5.32 Å². The van der Waals surface area contributed by atoms with E-state index in [2.05, 4.69) is 24.1 Å². The smallest absolute Gasteiger partial charge is 0.251 e. The Labute approximate surface area is 126 Å². The van der Waals surface area contributed by atoms with Gasteiger partial charge in [-0.3, -0.25) is 4.79 Å². The van der Waals surface area contributed by atoms with Crippen LogP contribution in [0.1, 0.15) is 54.1 Å². The van der Waals surface area contributed by atoms with Gasteiger partial charge in [-0.1, -0.05) is 24.3 Å². The lowest BCUT2D eigenvalue weighted by atomic mass is 9.80. The summed E-state index contributed by atoms with van der Waals surface area (Å²) in [4.78, 5) is 12.3. The average molecular weight is 285 g/mol. The van der Waals surface area contributed by atoms with Gasteiger partial charge in [0.05, 0.1) is 6.61 Å². The van der Waals surface area contributed by atoms with E-state index >= 15 is 0 Å². The number of nitrogens with one attached hydrogen (secondary N) is 1. The van der Waals surface area contributed by atoms with Crippen molar-refractivity contribution in [2.24, 2.45) is 5.92 Å². The van der Waals surface area contributed by atoms with Crippen LogP contribution in [0.2, 0.25) is 0 Å². The molecule has 1 saturated carbocycles. The van der Waals surface area contributed by atoms with Gasteiger partial charge in [0.2, 0.25) is 0 Å². The molecule has 3 nitrogen and oxygen atoms in total. The topological polar surface area (TPSA) is 49.3 Å². The first kappa shape index (κ1) is 15.6. The van der Waals surface area contributed by atoms with E-state index in [0.717, 1.165) is 11.1 Å². The molecule has 1 aromatic carbocycles. The average Bonchev–Trinajstić information content (AvgIpc) is 2.38. The second kappa shape index (κ2) is 7.28. The Hall–Kier alpha value is -1.79. The first-order chi connectivity index (χ1) is 10.1. The third kappa shape index (κ3) is 4.09. The number of aliphatic hydroxyl groups is 1. The molecule has 0 aliphatic heterocycles. The van der Waals surface area contributed by atoms with Gasteiger partial charge in [0.1, 0.15) is 0 Å². The summed E-state index contributed by atoms with van der Waals surface area (Å²) in [6, 6.07) is 5.83. The van der Waals surface area contributed by atoms with E-state index in [1.54, 1.807) is 0 Å². The van der Waals surface area contributed by atoms with Crippen molar-refractivity contribution in [2.75, 3.05) is 6.61 Å². The molecule has 21 heavy (non-hydrogen) atoms. The van der Waals surface area contributed by atoms with Crippen molar-refractivity contribution in [2.45, 2.75) is 45.6 Å². The summed E-state index contributed by atoms with van der Waals surface area (Å²) >= 11 is 0. The second-order valence-electron chi connectivity index (χ2n) is 5.76. The summed E-state index contributed by atoms with van der Waals surface area (Å²) in [7, 11) is 0. The van der Waals surface area contributed by atoms with E-state index in [9.17, 15) is 4.79 Å². The monoisotopic (exact) mass is 285 g/mol. The molecular formula is C18H23NO2. The van der Waals surface area contributed by atoms with Crippen molar-refractivity contribution in [3.05, 3.63) is 34.9 Å². The Kier molecular flexibility index (Phi) is 5.41. The van der Waals surface area contributed by atoms with Crippen LogP contribution in [0.15, 0.2) is 18.2 Å². The van der Waals surface area contributed by atoms with Gasteiger partial charge < -0.3 is 10.4 Å². The maximum atomic E-state index is 12.3. The number of aryl methyl sites for hydroxylation is 1. The summed E-state index contributed by atoms with van der Waals surface area (Å²) in [5.41, 5.74) is 2.55. The van der Waals surface area contributed by atoms with E-state index < -0.39 is 0 Å². The van der Waals surface area contributed by atoms with E-state index in [-0.39, 0.29) is 18.6 Å². The van der Waals surface area contributed by atoms with Crippen LogP contribution >= 0.6 is 0 Å². The number of aliphatic hydroxyl groups excluding tert-OH is 1. The van der Waals surface area contributed by atoms with Crippen LogP contribution in [-0.2, 0) is 0 Å². The zero-order valence-corrected chi connectivity index (χ0v) is 12.8. The zero-order valence-electron chi connectivity index (χ0n) is 12.8. The van der Waals surface area contributed by atoms with E-state index in [4.69, 9.17) is 5.11 Å². The van der Waals surface area contributed by atoms with Crippen LogP contribution in [0.25, 0.3) is 0 Å². The normalized spacial score (nSPS) is 15.6. The Bertz CT molecular complexity index is 564. The fourth-order valence-electron chi connectivity index (χ4n) is 2.46. The van der Waals surface area contributed by atoms with Crippen LogP contribution < -0.4 is 5.32 Å². The van der Waals surface area contributed by atoms with Gasteiger partial charge >= 0.3 is 0 Å². The van der Waals surface area contributed by atoms with Gasteiger partial charge in [0.15, 0.2) is 0 Å². The first-order valence-electron chi connectivity index (χ1n) is 7.63. The van der Waals surface area contributed by atoms with Gasteiger partial charge in [0, 0.05) is 23.6 Å². The number of amides is 1. The highest BCUT2D eigenvalue weighted by Crippen LogP contribution is 2.29. The van der Waals surface area contributed by atoms with Gasteiger partial charge in [0.25, 0.3) is 5.91 Å². The highest BCUT2D eigenvalue weighted by Gasteiger charge is 2.25. The third-order valence-electron chi connectivity index (χ3n) is 4.18. The van der Waals surface area contributed by atoms with Crippen LogP contribution in [0.3, 0.4) is 0 Å². The lowest BCUT2D eigenvalue weighted by molar-refractivity contribution is 0.0909. The molecule has 1 aromatic rings. The highest BCUT2D eigenvalue weighted by atomic mass is 16.2. The van der Waals surface area contributed by atoms with Crippen LogP contribution in [0, 0.1) is 24.7 Å². The van der Waals surface area contributed by atoms with Crippen molar-refractivity contribution < 1.29 is 9.90 Å². The Morgan fingerprint density at radius 3 is 2.86 bits per heavy atom. The molecule has 112 valence electrons. The maximum Gasteiger partial charge on any atom is 0.251 e. The summed E-state index contributed by atoms with van der Waals surface area (Å²) in [5.74, 6) is 6.52. The molecule has 0 aromatic heterocycles. The minimum Gasteiger partial charge on any atom is -0.395 e. The molecule has 3 heteroatoms. The Morgan fingerprint density at radius 1 is 1.48 bits per heavy atom. The van der Waals surface area contributed by atoms with Gasteiger partial charge in [-0.05, 0) is 50.3 Å². The van der Waals surface area contributed by atoms with E-state index in [1.807, 2.05) is 25.1 Å². The quantitative estimate of drug-likeness (QED) is 0.836. The van der Waals surface area contributed by atoms with Crippen LogP contribution in [-0.4, -0.2) is 23.7 Å². The minimum atomic E-state index is -0.0281. The van der Waals surface area contributed by atoms with Crippen molar-refractivity contribution in [3.63, 3.8) is 0 Å². The molecule has 1 aliphatic carbocycles. The molecule has 1 amide bonds. The summed E-state index contributed by atoms with van der Waals surface area (Å²) in [6.07, 6.45) is 4.16. The van der Waals surface area contributed by atoms with Crippen molar-refractivity contribution >= 4 is 5.91 Å². The summed E-state index contributed by atoms with van der Waals surface area (Å²) in [6.45, 7) is 4.12. The second-order valence-corrected chi connectivity index (χ2v) is 5.76. The largest absolute Gasteiger partial charge is 0.395 e. The molecule has 2 N–H and O–H groups in total. The predicted molar refractivity (Wildman–Crippen MR) is 84.0 cm³/mol. The molecule has 1 fully saturated rings. The molecule has 0 bridgehead atoms. The standard InChI is InChI=1S/C18H23NO2/c1-13-9-10-17(12-16(13)6-3-4-11-20)18(21)19-14(2)15-7-5-8-15/h9-10,12,14-15,20H,4-5,7-8,11H2,1-2H3,(H,19,21). The molecule has 1 unspecified atom stereocenters.